The second kappa shape index (κ2) is 8.83. The van der Waals surface area contributed by atoms with Crippen LogP contribution in [0.25, 0.3) is 0 Å². The Hall–Kier alpha value is -3.44. The number of ether oxygens (including phenoxy) is 1. The zero-order valence-corrected chi connectivity index (χ0v) is 19.8. The number of carbonyl (C=O) groups is 3. The second-order valence-corrected chi connectivity index (χ2v) is 10.1. The van der Waals surface area contributed by atoms with Gasteiger partial charge in [0, 0.05) is 19.8 Å². The predicted octanol–water partition coefficient (Wildman–Crippen LogP) is 1.66. The number of hydrogen-bond donors (Lipinski definition) is 2. The lowest BCUT2D eigenvalue weighted by atomic mass is 9.92. The highest BCUT2D eigenvalue weighted by molar-refractivity contribution is 7.89. The third-order valence-electron chi connectivity index (χ3n) is 5.49. The third-order valence-corrected chi connectivity index (χ3v) is 7.30. The lowest BCUT2D eigenvalue weighted by Gasteiger charge is -2.22. The van der Waals surface area contributed by atoms with Gasteiger partial charge >= 0.3 is 6.03 Å². The Morgan fingerprint density at radius 3 is 2.52 bits per heavy atom. The molecule has 33 heavy (non-hydrogen) atoms. The van der Waals surface area contributed by atoms with Gasteiger partial charge in [-0.15, -0.1) is 0 Å². The quantitative estimate of drug-likeness (QED) is 0.588. The molecule has 0 saturated carbocycles. The number of aryl methyl sites for hydroxylation is 1. The molecule has 2 aromatic carbocycles. The molecule has 11 heteroatoms. The van der Waals surface area contributed by atoms with Crippen LogP contribution in [0.5, 0.6) is 5.75 Å². The number of rotatable bonds is 7. The lowest BCUT2D eigenvalue weighted by Crippen LogP contribution is -2.42. The fourth-order valence-corrected chi connectivity index (χ4v) is 4.34. The number of urea groups is 1. The number of nitrogens with one attached hydrogen (secondary N) is 2. The van der Waals surface area contributed by atoms with Crippen LogP contribution in [0.2, 0.25) is 0 Å². The Bertz CT molecular complexity index is 1230. The average molecular weight is 475 g/mol. The molecule has 176 valence electrons. The van der Waals surface area contributed by atoms with Gasteiger partial charge < -0.3 is 15.4 Å². The van der Waals surface area contributed by atoms with Crippen LogP contribution in [0.3, 0.4) is 0 Å². The van der Waals surface area contributed by atoms with Gasteiger partial charge in [-0.3, -0.25) is 14.5 Å². The van der Waals surface area contributed by atoms with Crippen LogP contribution < -0.4 is 15.4 Å². The molecule has 0 bridgehead atoms. The predicted molar refractivity (Wildman–Crippen MR) is 121 cm³/mol. The Morgan fingerprint density at radius 2 is 1.88 bits per heavy atom. The summed E-state index contributed by atoms with van der Waals surface area (Å²) in [5, 5.41) is 5.24. The maximum atomic E-state index is 13.1. The fraction of sp³-hybridized carbons (Fsp3) is 0.318. The van der Waals surface area contributed by atoms with Crippen molar-refractivity contribution in [3.8, 4) is 5.75 Å². The van der Waals surface area contributed by atoms with Gasteiger partial charge in [0.05, 0.1) is 12.0 Å². The molecule has 3 rings (SSSR count). The molecule has 10 nitrogen and oxygen atoms in total. The van der Waals surface area contributed by atoms with Crippen molar-refractivity contribution in [2.24, 2.45) is 0 Å². The molecule has 1 saturated heterocycles. The van der Waals surface area contributed by atoms with E-state index in [2.05, 4.69) is 10.6 Å². The first-order valence-corrected chi connectivity index (χ1v) is 11.5. The van der Waals surface area contributed by atoms with Crippen LogP contribution in [0.1, 0.15) is 18.1 Å². The number of hydrogen-bond acceptors (Lipinski definition) is 6. The maximum Gasteiger partial charge on any atom is 0.325 e. The van der Waals surface area contributed by atoms with E-state index in [1.807, 2.05) is 0 Å². The van der Waals surface area contributed by atoms with Crippen LogP contribution in [0.4, 0.5) is 10.5 Å². The van der Waals surface area contributed by atoms with Gasteiger partial charge in [-0.25, -0.2) is 17.5 Å². The number of amides is 4. The van der Waals surface area contributed by atoms with Crippen molar-refractivity contribution in [1.82, 2.24) is 14.5 Å². The van der Waals surface area contributed by atoms with E-state index >= 15 is 0 Å². The molecule has 2 N–H and O–H groups in total. The van der Waals surface area contributed by atoms with Gasteiger partial charge in [0.1, 0.15) is 17.8 Å². The van der Waals surface area contributed by atoms with Crippen LogP contribution >= 0.6 is 0 Å². The van der Waals surface area contributed by atoms with E-state index in [4.69, 9.17) is 4.74 Å². The minimum Gasteiger partial charge on any atom is -0.497 e. The summed E-state index contributed by atoms with van der Waals surface area (Å²) < 4.78 is 31.0. The number of anilines is 1. The molecule has 1 fully saturated rings. The van der Waals surface area contributed by atoms with E-state index < -0.39 is 40.0 Å². The molecule has 4 amide bonds. The SMILES string of the molecule is COc1cccc(C2(C)NC(=O)N(CC(=O)Nc3cc(S(=O)(=O)N(C)C)ccc3C)C2=O)c1. The third kappa shape index (κ3) is 4.55. The smallest absolute Gasteiger partial charge is 0.325 e. The summed E-state index contributed by atoms with van der Waals surface area (Å²) in [6.45, 7) is 2.73. The first-order valence-electron chi connectivity index (χ1n) is 10.0. The Labute approximate surface area is 192 Å². The van der Waals surface area contributed by atoms with Crippen LogP contribution in [-0.4, -0.2) is 63.2 Å². The van der Waals surface area contributed by atoms with Gasteiger partial charge in [0.25, 0.3) is 5.91 Å². The first kappa shape index (κ1) is 24.2. The van der Waals surface area contributed by atoms with Crippen molar-refractivity contribution in [2.45, 2.75) is 24.3 Å². The van der Waals surface area contributed by atoms with E-state index in [9.17, 15) is 22.8 Å². The van der Waals surface area contributed by atoms with Crippen molar-refractivity contribution in [3.63, 3.8) is 0 Å². The largest absolute Gasteiger partial charge is 0.497 e. The molecule has 1 atom stereocenters. The lowest BCUT2D eigenvalue weighted by molar-refractivity contribution is -0.133. The molecular formula is C22H26N4O6S. The molecule has 0 spiro atoms. The second-order valence-electron chi connectivity index (χ2n) is 7.99. The Balaban J connectivity index is 1.80. The van der Waals surface area contributed by atoms with Crippen LogP contribution in [0.15, 0.2) is 47.4 Å². The average Bonchev–Trinajstić information content (AvgIpc) is 2.99. The van der Waals surface area contributed by atoms with Crippen molar-refractivity contribution in [3.05, 3.63) is 53.6 Å². The molecule has 0 aromatic heterocycles. The van der Waals surface area contributed by atoms with Crippen molar-refractivity contribution in [1.29, 1.82) is 0 Å². The molecule has 0 radical (unpaired) electrons. The van der Waals surface area contributed by atoms with E-state index in [0.29, 0.717) is 16.9 Å². The number of sulfonamides is 1. The highest BCUT2D eigenvalue weighted by atomic mass is 32.2. The Morgan fingerprint density at radius 1 is 1.18 bits per heavy atom. The number of imide groups is 1. The summed E-state index contributed by atoms with van der Waals surface area (Å²) in [5.41, 5.74) is 0.0483. The zero-order valence-electron chi connectivity index (χ0n) is 19.0. The summed E-state index contributed by atoms with van der Waals surface area (Å²) in [6, 6.07) is 10.4. The highest BCUT2D eigenvalue weighted by Crippen LogP contribution is 2.31. The monoisotopic (exact) mass is 474 g/mol. The summed E-state index contributed by atoms with van der Waals surface area (Å²) in [7, 11) is 0.608. The number of benzene rings is 2. The summed E-state index contributed by atoms with van der Waals surface area (Å²) in [4.78, 5) is 39.2. The first-order chi connectivity index (χ1) is 15.4. The molecule has 1 unspecified atom stereocenters. The highest BCUT2D eigenvalue weighted by Gasteiger charge is 2.49. The van der Waals surface area contributed by atoms with Crippen LogP contribution in [-0.2, 0) is 25.2 Å². The van der Waals surface area contributed by atoms with Gasteiger partial charge in [-0.2, -0.15) is 0 Å². The van der Waals surface area contributed by atoms with Gasteiger partial charge in [-0.05, 0) is 49.2 Å². The minimum atomic E-state index is -3.70. The molecule has 1 aliphatic heterocycles. The summed E-state index contributed by atoms with van der Waals surface area (Å²) >= 11 is 0. The van der Waals surface area contributed by atoms with Crippen molar-refractivity contribution >= 4 is 33.6 Å². The maximum absolute atomic E-state index is 13.1. The number of nitrogens with zero attached hydrogens (tertiary/aromatic N) is 2. The van der Waals surface area contributed by atoms with Crippen LogP contribution in [0, 0.1) is 6.92 Å². The molecule has 1 heterocycles. The normalized spacial score (nSPS) is 18.4. The molecule has 0 aliphatic carbocycles. The van der Waals surface area contributed by atoms with E-state index in [-0.39, 0.29) is 10.6 Å². The van der Waals surface area contributed by atoms with E-state index in [1.54, 1.807) is 44.2 Å². The minimum absolute atomic E-state index is 0.00833. The topological polar surface area (TPSA) is 125 Å². The Kier molecular flexibility index (Phi) is 6.48. The van der Waals surface area contributed by atoms with Crippen molar-refractivity contribution < 1.29 is 27.5 Å². The van der Waals surface area contributed by atoms with Crippen molar-refractivity contribution in [2.75, 3.05) is 33.1 Å². The van der Waals surface area contributed by atoms with Gasteiger partial charge in [-0.1, -0.05) is 18.2 Å². The molecule has 2 aromatic rings. The summed E-state index contributed by atoms with van der Waals surface area (Å²) in [5.74, 6) is -0.706. The fourth-order valence-electron chi connectivity index (χ4n) is 3.41. The van der Waals surface area contributed by atoms with E-state index in [1.165, 1.54) is 33.3 Å². The molecular weight excluding hydrogens is 448 g/mol. The number of carbonyl (C=O) groups excluding carboxylic acids is 3. The number of methoxy groups -OCH3 is 1. The summed E-state index contributed by atoms with van der Waals surface area (Å²) in [6.07, 6.45) is 0. The zero-order chi connectivity index (χ0) is 24.6. The van der Waals surface area contributed by atoms with E-state index in [0.717, 1.165) is 9.21 Å². The molecule has 1 aliphatic rings. The van der Waals surface area contributed by atoms with Gasteiger partial charge in [0.15, 0.2) is 0 Å². The van der Waals surface area contributed by atoms with Gasteiger partial charge in [0.2, 0.25) is 15.9 Å². The standard InChI is InChI=1S/C22H26N4O6S/c1-14-9-10-17(33(30,31)25(3)4)12-18(14)23-19(27)13-26-20(28)22(2,24-21(26)29)15-7-6-8-16(11-15)32-5/h6-12H,13H2,1-5H3,(H,23,27)(H,24,29).